The fourth-order valence-corrected chi connectivity index (χ4v) is 1.23. The van der Waals surface area contributed by atoms with Crippen LogP contribution in [-0.2, 0) is 0 Å². The minimum Gasteiger partial charge on any atom is -0.327 e. The third kappa shape index (κ3) is 3.18. The first kappa shape index (κ1) is 11.4. The van der Waals surface area contributed by atoms with Crippen LogP contribution in [0, 0.1) is 10.1 Å². The molecule has 0 bridgehead atoms. The van der Waals surface area contributed by atoms with E-state index in [1.165, 1.54) is 12.1 Å². The summed E-state index contributed by atoms with van der Waals surface area (Å²) in [5.74, 6) is 0. The van der Waals surface area contributed by atoms with Gasteiger partial charge >= 0.3 is 0 Å². The van der Waals surface area contributed by atoms with Gasteiger partial charge in [0.1, 0.15) is 0 Å². The van der Waals surface area contributed by atoms with E-state index >= 15 is 0 Å². The van der Waals surface area contributed by atoms with Gasteiger partial charge in [-0.2, -0.15) is 0 Å². The van der Waals surface area contributed by atoms with E-state index in [0.29, 0.717) is 6.54 Å². The summed E-state index contributed by atoms with van der Waals surface area (Å²) in [6.07, 6.45) is 2.86. The minimum absolute atomic E-state index is 0.109. The summed E-state index contributed by atoms with van der Waals surface area (Å²) in [5, 5.41) is 10.4. The number of hydrogen-bond donors (Lipinski definition) is 1. The number of non-ortho nitro benzene ring substituents is 1. The molecule has 15 heavy (non-hydrogen) atoms. The fraction of sp³-hybridized carbons (Fsp3) is 0.273. The summed E-state index contributed by atoms with van der Waals surface area (Å²) >= 11 is 0. The zero-order valence-corrected chi connectivity index (χ0v) is 8.64. The number of benzene rings is 1. The Kier molecular flexibility index (Phi) is 4.00. The average molecular weight is 206 g/mol. The molecule has 0 amide bonds. The normalized spacial score (nSPS) is 11.5. The van der Waals surface area contributed by atoms with Gasteiger partial charge in [-0.05, 0) is 24.1 Å². The second kappa shape index (κ2) is 5.26. The van der Waals surface area contributed by atoms with E-state index in [1.807, 2.05) is 13.0 Å². The van der Waals surface area contributed by atoms with Crippen LogP contribution in [0.5, 0.6) is 0 Å². The van der Waals surface area contributed by atoms with Crippen LogP contribution in [0.4, 0.5) is 5.69 Å². The largest absolute Gasteiger partial charge is 0.327 e. The molecule has 0 aliphatic heterocycles. The van der Waals surface area contributed by atoms with E-state index in [1.54, 1.807) is 12.1 Å². The topological polar surface area (TPSA) is 69.2 Å². The van der Waals surface area contributed by atoms with Gasteiger partial charge in [-0.3, -0.25) is 10.1 Å². The molecule has 2 N–H and O–H groups in total. The predicted molar refractivity (Wildman–Crippen MR) is 60.4 cm³/mol. The molecule has 0 saturated heterocycles. The smallest absolute Gasteiger partial charge is 0.269 e. The van der Waals surface area contributed by atoms with Crippen LogP contribution in [0.1, 0.15) is 18.9 Å². The maximum atomic E-state index is 10.4. The van der Waals surface area contributed by atoms with Gasteiger partial charge in [-0.25, -0.2) is 0 Å². The van der Waals surface area contributed by atoms with E-state index in [-0.39, 0.29) is 5.69 Å². The summed E-state index contributed by atoms with van der Waals surface area (Å²) < 4.78 is 0. The molecule has 0 saturated carbocycles. The van der Waals surface area contributed by atoms with Crippen LogP contribution >= 0.6 is 0 Å². The summed E-state index contributed by atoms with van der Waals surface area (Å²) in [5.41, 5.74) is 7.72. The standard InChI is InChI=1S/C11H14N2O2/c1-2-9(8-12)7-10-3-5-11(6-4-10)13(14)15/h3-7H,2,8,12H2,1H3. The van der Waals surface area contributed by atoms with Crippen molar-refractivity contribution in [2.24, 2.45) is 5.73 Å². The van der Waals surface area contributed by atoms with Crippen molar-refractivity contribution in [3.8, 4) is 0 Å². The van der Waals surface area contributed by atoms with Crippen molar-refractivity contribution in [2.75, 3.05) is 6.54 Å². The molecule has 0 aliphatic carbocycles. The van der Waals surface area contributed by atoms with Gasteiger partial charge in [-0.1, -0.05) is 18.6 Å². The fourth-order valence-electron chi connectivity index (χ4n) is 1.23. The number of nitro groups is 1. The molecule has 0 atom stereocenters. The highest BCUT2D eigenvalue weighted by Gasteiger charge is 2.02. The Labute approximate surface area is 88.6 Å². The Hall–Kier alpha value is -1.68. The lowest BCUT2D eigenvalue weighted by Crippen LogP contribution is -2.01. The second-order valence-corrected chi connectivity index (χ2v) is 3.21. The van der Waals surface area contributed by atoms with E-state index < -0.39 is 4.92 Å². The number of nitrogens with zero attached hydrogens (tertiary/aromatic N) is 1. The van der Waals surface area contributed by atoms with Crippen molar-refractivity contribution in [3.05, 3.63) is 45.5 Å². The highest BCUT2D eigenvalue weighted by molar-refractivity contribution is 5.55. The Bertz CT molecular complexity index is 363. The van der Waals surface area contributed by atoms with Gasteiger partial charge in [0.05, 0.1) is 4.92 Å². The first-order chi connectivity index (χ1) is 7.17. The van der Waals surface area contributed by atoms with Crippen molar-refractivity contribution in [1.29, 1.82) is 0 Å². The van der Waals surface area contributed by atoms with Crippen LogP contribution in [-0.4, -0.2) is 11.5 Å². The average Bonchev–Trinajstić information content (AvgIpc) is 2.26. The Morgan fingerprint density at radius 1 is 1.47 bits per heavy atom. The van der Waals surface area contributed by atoms with E-state index in [4.69, 9.17) is 5.73 Å². The maximum Gasteiger partial charge on any atom is 0.269 e. The summed E-state index contributed by atoms with van der Waals surface area (Å²) in [7, 11) is 0. The molecule has 1 aromatic carbocycles. The molecular weight excluding hydrogens is 192 g/mol. The third-order valence-corrected chi connectivity index (χ3v) is 2.19. The molecular formula is C11H14N2O2. The van der Waals surface area contributed by atoms with Gasteiger partial charge < -0.3 is 5.73 Å². The lowest BCUT2D eigenvalue weighted by atomic mass is 10.1. The first-order valence-corrected chi connectivity index (χ1v) is 4.81. The molecule has 0 radical (unpaired) electrons. The molecule has 0 aliphatic rings. The van der Waals surface area contributed by atoms with E-state index in [0.717, 1.165) is 17.6 Å². The number of hydrogen-bond acceptors (Lipinski definition) is 3. The zero-order valence-electron chi connectivity index (χ0n) is 8.64. The molecule has 1 rings (SSSR count). The van der Waals surface area contributed by atoms with Crippen LogP contribution in [0.15, 0.2) is 29.8 Å². The third-order valence-electron chi connectivity index (χ3n) is 2.19. The van der Waals surface area contributed by atoms with Gasteiger partial charge in [0.25, 0.3) is 5.69 Å². The van der Waals surface area contributed by atoms with Gasteiger partial charge in [-0.15, -0.1) is 0 Å². The van der Waals surface area contributed by atoms with Crippen LogP contribution < -0.4 is 5.73 Å². The zero-order chi connectivity index (χ0) is 11.3. The van der Waals surface area contributed by atoms with Crippen molar-refractivity contribution in [1.82, 2.24) is 0 Å². The van der Waals surface area contributed by atoms with E-state index in [9.17, 15) is 10.1 Å². The molecule has 4 nitrogen and oxygen atoms in total. The van der Waals surface area contributed by atoms with Crippen molar-refractivity contribution < 1.29 is 4.92 Å². The molecule has 0 aromatic heterocycles. The number of nitrogens with two attached hydrogens (primary N) is 1. The monoisotopic (exact) mass is 206 g/mol. The SMILES string of the molecule is CCC(=Cc1ccc([N+](=O)[O-])cc1)CN. The number of rotatable bonds is 4. The number of nitro benzene ring substituents is 1. The maximum absolute atomic E-state index is 10.4. The predicted octanol–water partition coefficient (Wildman–Crippen LogP) is 2.35. The Morgan fingerprint density at radius 2 is 2.07 bits per heavy atom. The van der Waals surface area contributed by atoms with Crippen LogP contribution in [0.25, 0.3) is 6.08 Å². The van der Waals surface area contributed by atoms with Crippen molar-refractivity contribution in [2.45, 2.75) is 13.3 Å². The summed E-state index contributed by atoms with van der Waals surface area (Å²) in [6, 6.07) is 6.44. The lowest BCUT2D eigenvalue weighted by Gasteiger charge is -2.00. The summed E-state index contributed by atoms with van der Waals surface area (Å²) in [6.45, 7) is 2.55. The highest BCUT2D eigenvalue weighted by Crippen LogP contribution is 2.14. The molecule has 80 valence electrons. The van der Waals surface area contributed by atoms with Gasteiger partial charge in [0, 0.05) is 18.7 Å². The molecule has 4 heteroatoms. The molecule has 0 spiro atoms. The quantitative estimate of drug-likeness (QED) is 0.607. The molecule has 1 aromatic rings. The molecule has 0 unspecified atom stereocenters. The lowest BCUT2D eigenvalue weighted by molar-refractivity contribution is -0.384. The van der Waals surface area contributed by atoms with Crippen LogP contribution in [0.3, 0.4) is 0 Å². The van der Waals surface area contributed by atoms with Crippen LogP contribution in [0.2, 0.25) is 0 Å². The molecule has 0 heterocycles. The van der Waals surface area contributed by atoms with Gasteiger partial charge in [0.2, 0.25) is 0 Å². The second-order valence-electron chi connectivity index (χ2n) is 3.21. The minimum atomic E-state index is -0.406. The highest BCUT2D eigenvalue weighted by atomic mass is 16.6. The Morgan fingerprint density at radius 3 is 2.47 bits per heavy atom. The first-order valence-electron chi connectivity index (χ1n) is 4.81. The molecule has 0 fully saturated rings. The van der Waals surface area contributed by atoms with Crippen molar-refractivity contribution in [3.63, 3.8) is 0 Å². The summed E-state index contributed by atoms with van der Waals surface area (Å²) in [4.78, 5) is 10.0. The Balaban J connectivity index is 2.89. The van der Waals surface area contributed by atoms with Gasteiger partial charge in [0.15, 0.2) is 0 Å². The van der Waals surface area contributed by atoms with Crippen molar-refractivity contribution >= 4 is 11.8 Å². The van der Waals surface area contributed by atoms with E-state index in [2.05, 4.69) is 0 Å².